The number of anilines is 2. The number of halogens is 1. The van der Waals surface area contributed by atoms with Gasteiger partial charge < -0.3 is 15.8 Å². The van der Waals surface area contributed by atoms with Crippen molar-refractivity contribution < 1.29 is 9.53 Å². The van der Waals surface area contributed by atoms with Crippen LogP contribution >= 0.6 is 11.6 Å². The molecule has 2 aromatic carbocycles. The van der Waals surface area contributed by atoms with E-state index in [4.69, 9.17) is 22.1 Å². The first-order chi connectivity index (χ1) is 10.1. The molecule has 0 unspecified atom stereocenters. The van der Waals surface area contributed by atoms with Gasteiger partial charge in [-0.05, 0) is 42.3 Å². The first kappa shape index (κ1) is 15.2. The van der Waals surface area contributed by atoms with Gasteiger partial charge in [-0.2, -0.15) is 0 Å². The lowest BCUT2D eigenvalue weighted by molar-refractivity contribution is -0.118. The average Bonchev–Trinajstić information content (AvgIpc) is 2.49. The highest BCUT2D eigenvalue weighted by Crippen LogP contribution is 2.22. The van der Waals surface area contributed by atoms with Crippen molar-refractivity contribution in [2.75, 3.05) is 17.7 Å². The molecular formula is C16H17ClN2O2. The molecule has 2 rings (SSSR count). The van der Waals surface area contributed by atoms with Crippen molar-refractivity contribution in [3.63, 3.8) is 0 Å². The Morgan fingerprint density at radius 3 is 2.76 bits per heavy atom. The molecular weight excluding hydrogens is 288 g/mol. The smallest absolute Gasteiger partial charge is 0.262 e. The molecule has 0 heterocycles. The summed E-state index contributed by atoms with van der Waals surface area (Å²) in [7, 11) is 0. The molecule has 0 aliphatic carbocycles. The Morgan fingerprint density at radius 2 is 2.05 bits per heavy atom. The standard InChI is InChI=1S/C16H17ClN2O2/c1-2-11-9-12(7-8-13(11)17)21-10-16(20)19-15-6-4-3-5-14(15)18/h3-9H,2,10,18H2,1H3,(H,19,20). The first-order valence-corrected chi connectivity index (χ1v) is 7.03. The van der Waals surface area contributed by atoms with Gasteiger partial charge in [-0.1, -0.05) is 30.7 Å². The van der Waals surface area contributed by atoms with Gasteiger partial charge in [-0.25, -0.2) is 0 Å². The van der Waals surface area contributed by atoms with Crippen LogP contribution in [0.5, 0.6) is 5.75 Å². The van der Waals surface area contributed by atoms with E-state index in [1.807, 2.05) is 19.1 Å². The van der Waals surface area contributed by atoms with Crippen molar-refractivity contribution in [3.8, 4) is 5.75 Å². The van der Waals surface area contributed by atoms with E-state index in [-0.39, 0.29) is 12.5 Å². The van der Waals surface area contributed by atoms with Crippen molar-refractivity contribution in [2.24, 2.45) is 0 Å². The monoisotopic (exact) mass is 304 g/mol. The lowest BCUT2D eigenvalue weighted by Gasteiger charge is -2.10. The Hall–Kier alpha value is -2.20. The fourth-order valence-corrected chi connectivity index (χ4v) is 2.11. The molecule has 0 spiro atoms. The summed E-state index contributed by atoms with van der Waals surface area (Å²) in [5.74, 6) is 0.355. The molecule has 5 heteroatoms. The number of rotatable bonds is 5. The van der Waals surface area contributed by atoms with Crippen LogP contribution in [0.3, 0.4) is 0 Å². The van der Waals surface area contributed by atoms with Gasteiger partial charge in [0.1, 0.15) is 5.75 Å². The van der Waals surface area contributed by atoms with Gasteiger partial charge in [0.05, 0.1) is 11.4 Å². The average molecular weight is 305 g/mol. The summed E-state index contributed by atoms with van der Waals surface area (Å²) in [6.07, 6.45) is 0.808. The molecule has 110 valence electrons. The quantitative estimate of drug-likeness (QED) is 0.831. The van der Waals surface area contributed by atoms with Crippen molar-refractivity contribution in [2.45, 2.75) is 13.3 Å². The summed E-state index contributed by atoms with van der Waals surface area (Å²) in [6.45, 7) is 1.93. The summed E-state index contributed by atoms with van der Waals surface area (Å²) in [4.78, 5) is 11.8. The molecule has 0 aromatic heterocycles. The maximum Gasteiger partial charge on any atom is 0.262 e. The Bertz CT molecular complexity index is 644. The van der Waals surface area contributed by atoms with E-state index in [1.54, 1.807) is 30.3 Å². The highest BCUT2D eigenvalue weighted by molar-refractivity contribution is 6.31. The van der Waals surface area contributed by atoms with Crippen LogP contribution in [0.25, 0.3) is 0 Å². The molecule has 3 N–H and O–H groups in total. The summed E-state index contributed by atoms with van der Waals surface area (Å²) < 4.78 is 5.47. The molecule has 1 amide bonds. The minimum Gasteiger partial charge on any atom is -0.484 e. The van der Waals surface area contributed by atoms with Gasteiger partial charge in [-0.15, -0.1) is 0 Å². The molecule has 2 aromatic rings. The third-order valence-corrected chi connectivity index (χ3v) is 3.37. The van der Waals surface area contributed by atoms with Crippen molar-refractivity contribution in [1.82, 2.24) is 0 Å². The number of nitrogens with one attached hydrogen (secondary N) is 1. The minimum absolute atomic E-state index is 0.0842. The number of nitrogen functional groups attached to an aromatic ring is 1. The van der Waals surface area contributed by atoms with E-state index >= 15 is 0 Å². The molecule has 0 atom stereocenters. The zero-order valence-corrected chi connectivity index (χ0v) is 12.5. The van der Waals surface area contributed by atoms with Crippen LogP contribution in [0.15, 0.2) is 42.5 Å². The lowest BCUT2D eigenvalue weighted by Crippen LogP contribution is -2.20. The largest absolute Gasteiger partial charge is 0.484 e. The highest BCUT2D eigenvalue weighted by atomic mass is 35.5. The van der Waals surface area contributed by atoms with Gasteiger partial charge in [0.15, 0.2) is 6.61 Å². The Kier molecular flexibility index (Phi) is 5.06. The Balaban J connectivity index is 1.94. The molecule has 0 fully saturated rings. The van der Waals surface area contributed by atoms with E-state index in [1.165, 1.54) is 0 Å². The van der Waals surface area contributed by atoms with Crippen LogP contribution < -0.4 is 15.8 Å². The number of aryl methyl sites for hydroxylation is 1. The number of ether oxygens (including phenoxy) is 1. The van der Waals surface area contributed by atoms with Crippen molar-refractivity contribution in [3.05, 3.63) is 53.1 Å². The number of benzene rings is 2. The Morgan fingerprint density at radius 1 is 1.29 bits per heavy atom. The third kappa shape index (κ3) is 4.13. The predicted octanol–water partition coefficient (Wildman–Crippen LogP) is 3.50. The number of hydrogen-bond donors (Lipinski definition) is 2. The van der Waals surface area contributed by atoms with Crippen LogP contribution in [-0.4, -0.2) is 12.5 Å². The van der Waals surface area contributed by atoms with Gasteiger partial charge in [0, 0.05) is 5.02 Å². The van der Waals surface area contributed by atoms with E-state index in [2.05, 4.69) is 5.32 Å². The maximum absolute atomic E-state index is 11.8. The zero-order valence-electron chi connectivity index (χ0n) is 11.7. The maximum atomic E-state index is 11.8. The molecule has 0 bridgehead atoms. The fraction of sp³-hybridized carbons (Fsp3) is 0.188. The lowest BCUT2D eigenvalue weighted by atomic mass is 10.1. The second-order valence-electron chi connectivity index (χ2n) is 4.53. The number of carbonyl (C=O) groups excluding carboxylic acids is 1. The van der Waals surface area contributed by atoms with Gasteiger partial charge in [-0.3, -0.25) is 4.79 Å². The topological polar surface area (TPSA) is 64.3 Å². The number of hydrogen-bond acceptors (Lipinski definition) is 3. The summed E-state index contributed by atoms with van der Waals surface area (Å²) >= 11 is 6.04. The predicted molar refractivity (Wildman–Crippen MR) is 85.8 cm³/mol. The number of nitrogens with two attached hydrogens (primary N) is 1. The van der Waals surface area contributed by atoms with Crippen molar-refractivity contribution >= 4 is 28.9 Å². The first-order valence-electron chi connectivity index (χ1n) is 6.65. The molecule has 0 saturated carbocycles. The number of carbonyl (C=O) groups is 1. The SMILES string of the molecule is CCc1cc(OCC(=O)Nc2ccccc2N)ccc1Cl. The molecule has 0 saturated heterocycles. The van der Waals surface area contributed by atoms with E-state index in [0.29, 0.717) is 22.1 Å². The molecule has 0 aliphatic rings. The molecule has 21 heavy (non-hydrogen) atoms. The van der Waals surface area contributed by atoms with Gasteiger partial charge in [0.25, 0.3) is 5.91 Å². The second kappa shape index (κ2) is 6.99. The second-order valence-corrected chi connectivity index (χ2v) is 4.94. The van der Waals surface area contributed by atoms with Crippen LogP contribution in [0.4, 0.5) is 11.4 Å². The summed E-state index contributed by atoms with van der Waals surface area (Å²) in [6, 6.07) is 12.4. The fourth-order valence-electron chi connectivity index (χ4n) is 1.86. The Labute approximate surface area is 128 Å². The van der Waals surface area contributed by atoms with E-state index < -0.39 is 0 Å². The van der Waals surface area contributed by atoms with Crippen LogP contribution in [0.2, 0.25) is 5.02 Å². The molecule has 0 radical (unpaired) electrons. The van der Waals surface area contributed by atoms with Gasteiger partial charge >= 0.3 is 0 Å². The zero-order chi connectivity index (χ0) is 15.2. The third-order valence-electron chi connectivity index (χ3n) is 3.00. The highest BCUT2D eigenvalue weighted by Gasteiger charge is 2.07. The minimum atomic E-state index is -0.263. The summed E-state index contributed by atoms with van der Waals surface area (Å²) in [5.41, 5.74) is 7.85. The van der Waals surface area contributed by atoms with E-state index in [0.717, 1.165) is 12.0 Å². The molecule has 0 aliphatic heterocycles. The number of amides is 1. The normalized spacial score (nSPS) is 10.2. The van der Waals surface area contributed by atoms with Crippen LogP contribution in [0, 0.1) is 0 Å². The molecule has 4 nitrogen and oxygen atoms in total. The van der Waals surface area contributed by atoms with Crippen molar-refractivity contribution in [1.29, 1.82) is 0 Å². The number of para-hydroxylation sites is 2. The summed E-state index contributed by atoms with van der Waals surface area (Å²) in [5, 5.41) is 3.41. The van der Waals surface area contributed by atoms with Crippen LogP contribution in [0.1, 0.15) is 12.5 Å². The van der Waals surface area contributed by atoms with Crippen LogP contribution in [-0.2, 0) is 11.2 Å². The van der Waals surface area contributed by atoms with Gasteiger partial charge in [0.2, 0.25) is 0 Å². The van der Waals surface area contributed by atoms with E-state index in [9.17, 15) is 4.79 Å².